The highest BCUT2D eigenvalue weighted by Crippen LogP contribution is 2.45. The Morgan fingerprint density at radius 1 is 1.31 bits per heavy atom. The second-order valence-electron chi connectivity index (χ2n) is 4.65. The number of nitrogens with two attached hydrogens (primary N) is 1. The van der Waals surface area contributed by atoms with Crippen molar-refractivity contribution in [1.29, 1.82) is 0 Å². The van der Waals surface area contributed by atoms with E-state index in [1.165, 1.54) is 12.8 Å². The molecule has 0 unspecified atom stereocenters. The zero-order valence-corrected chi connectivity index (χ0v) is 8.14. The van der Waals surface area contributed by atoms with Gasteiger partial charge in [0.2, 0.25) is 0 Å². The summed E-state index contributed by atoms with van der Waals surface area (Å²) in [7, 11) is 0. The zero-order chi connectivity index (χ0) is 9.31. The number of likely N-dealkylation sites (tertiary alicyclic amines) is 1. The summed E-state index contributed by atoms with van der Waals surface area (Å²) in [6, 6.07) is 0. The van der Waals surface area contributed by atoms with Crippen LogP contribution in [0.1, 0.15) is 25.7 Å². The molecule has 1 aliphatic carbocycles. The Hall–Kier alpha value is -0.150. The number of piperidine rings is 1. The lowest BCUT2D eigenvalue weighted by Crippen LogP contribution is -2.40. The molecule has 2 N–H and O–H groups in total. The van der Waals surface area contributed by atoms with Crippen LogP contribution >= 0.6 is 0 Å². The molecule has 0 atom stereocenters. The van der Waals surface area contributed by atoms with Gasteiger partial charge in [-0.3, -0.25) is 0 Å². The molecule has 13 heavy (non-hydrogen) atoms. The van der Waals surface area contributed by atoms with Crippen molar-refractivity contribution < 1.29 is 4.39 Å². The van der Waals surface area contributed by atoms with Gasteiger partial charge in [0.25, 0.3) is 0 Å². The molecule has 1 aliphatic heterocycles. The third-order valence-electron chi connectivity index (χ3n) is 3.47. The molecule has 0 bridgehead atoms. The van der Waals surface area contributed by atoms with E-state index in [0.29, 0.717) is 5.41 Å². The monoisotopic (exact) mass is 186 g/mol. The van der Waals surface area contributed by atoms with Crippen molar-refractivity contribution in [2.24, 2.45) is 11.1 Å². The van der Waals surface area contributed by atoms with Crippen LogP contribution in [0, 0.1) is 5.41 Å². The average Bonchev–Trinajstić information content (AvgIpc) is 2.90. The van der Waals surface area contributed by atoms with E-state index in [2.05, 4.69) is 4.90 Å². The summed E-state index contributed by atoms with van der Waals surface area (Å²) in [4.78, 5) is 2.38. The molecule has 0 aromatic carbocycles. The maximum absolute atomic E-state index is 12.8. The topological polar surface area (TPSA) is 29.3 Å². The zero-order valence-electron chi connectivity index (χ0n) is 8.14. The minimum absolute atomic E-state index is 0.420. The summed E-state index contributed by atoms with van der Waals surface area (Å²) < 4.78 is 12.8. The first-order valence-electron chi connectivity index (χ1n) is 5.31. The molecule has 0 radical (unpaired) electrons. The molecule has 0 spiro atoms. The summed E-state index contributed by atoms with van der Waals surface area (Å²) in [5.74, 6) is 0. The minimum atomic E-state index is -0.552. The van der Waals surface area contributed by atoms with Gasteiger partial charge < -0.3 is 10.6 Å². The van der Waals surface area contributed by atoms with Crippen LogP contribution in [-0.4, -0.2) is 37.3 Å². The lowest BCUT2D eigenvalue weighted by Gasteiger charge is -2.31. The first kappa shape index (κ1) is 9.41. The number of alkyl halides is 1. The summed E-state index contributed by atoms with van der Waals surface area (Å²) in [6.45, 7) is 3.78. The first-order valence-corrected chi connectivity index (χ1v) is 5.31. The van der Waals surface area contributed by atoms with E-state index in [1.54, 1.807) is 0 Å². The second kappa shape index (κ2) is 3.54. The molecule has 1 heterocycles. The lowest BCUT2D eigenvalue weighted by atomic mass is 10.0. The van der Waals surface area contributed by atoms with Gasteiger partial charge in [0.1, 0.15) is 6.17 Å². The van der Waals surface area contributed by atoms with E-state index in [-0.39, 0.29) is 0 Å². The third-order valence-corrected chi connectivity index (χ3v) is 3.47. The van der Waals surface area contributed by atoms with Crippen molar-refractivity contribution in [3.05, 3.63) is 0 Å². The van der Waals surface area contributed by atoms with Gasteiger partial charge in [-0.1, -0.05) is 0 Å². The van der Waals surface area contributed by atoms with Crippen molar-refractivity contribution in [2.45, 2.75) is 31.9 Å². The van der Waals surface area contributed by atoms with Crippen LogP contribution < -0.4 is 5.73 Å². The molecule has 1 saturated heterocycles. The van der Waals surface area contributed by atoms with Crippen LogP contribution in [0.3, 0.4) is 0 Å². The number of rotatable bonds is 3. The van der Waals surface area contributed by atoms with Crippen LogP contribution in [0.15, 0.2) is 0 Å². The van der Waals surface area contributed by atoms with E-state index in [9.17, 15) is 4.39 Å². The van der Waals surface area contributed by atoms with E-state index < -0.39 is 6.17 Å². The van der Waals surface area contributed by atoms with Gasteiger partial charge in [-0.2, -0.15) is 0 Å². The summed E-state index contributed by atoms with van der Waals surface area (Å²) in [5, 5.41) is 0. The smallest absolute Gasteiger partial charge is 0.103 e. The molecule has 0 aromatic heterocycles. The van der Waals surface area contributed by atoms with Gasteiger partial charge in [0, 0.05) is 19.6 Å². The molecule has 2 fully saturated rings. The largest absolute Gasteiger partial charge is 0.330 e. The fraction of sp³-hybridized carbons (Fsp3) is 1.00. The van der Waals surface area contributed by atoms with Crippen molar-refractivity contribution in [2.75, 3.05) is 26.2 Å². The normalized spacial score (nSPS) is 29.1. The third kappa shape index (κ3) is 2.20. The minimum Gasteiger partial charge on any atom is -0.330 e. The maximum Gasteiger partial charge on any atom is 0.103 e. The Morgan fingerprint density at radius 3 is 2.38 bits per heavy atom. The van der Waals surface area contributed by atoms with Crippen LogP contribution in [0.25, 0.3) is 0 Å². The van der Waals surface area contributed by atoms with E-state index in [1.807, 2.05) is 0 Å². The standard InChI is InChI=1S/C10H19FN2/c11-9-1-5-13(6-2-9)8-10(7-12)3-4-10/h9H,1-8,12H2. The van der Waals surface area contributed by atoms with E-state index in [4.69, 9.17) is 5.73 Å². The number of halogens is 1. The van der Waals surface area contributed by atoms with Crippen LogP contribution in [0.2, 0.25) is 0 Å². The molecule has 3 heteroatoms. The van der Waals surface area contributed by atoms with Gasteiger partial charge in [0.15, 0.2) is 0 Å². The predicted octanol–water partition coefficient (Wildman–Crippen LogP) is 1.16. The molecule has 1 saturated carbocycles. The molecular formula is C10H19FN2. The molecule has 76 valence electrons. The van der Waals surface area contributed by atoms with Gasteiger partial charge in [-0.25, -0.2) is 4.39 Å². The van der Waals surface area contributed by atoms with E-state index in [0.717, 1.165) is 39.0 Å². The Bertz CT molecular complexity index is 172. The van der Waals surface area contributed by atoms with Gasteiger partial charge in [0.05, 0.1) is 0 Å². The van der Waals surface area contributed by atoms with Crippen molar-refractivity contribution in [1.82, 2.24) is 4.90 Å². The molecule has 2 aliphatic rings. The lowest BCUT2D eigenvalue weighted by molar-refractivity contribution is 0.130. The summed E-state index contributed by atoms with van der Waals surface area (Å²) in [5.41, 5.74) is 6.13. The predicted molar refractivity (Wildman–Crippen MR) is 51.3 cm³/mol. The van der Waals surface area contributed by atoms with Crippen molar-refractivity contribution in [3.8, 4) is 0 Å². The van der Waals surface area contributed by atoms with Crippen molar-refractivity contribution >= 4 is 0 Å². The van der Waals surface area contributed by atoms with Crippen LogP contribution in [0.5, 0.6) is 0 Å². The highest BCUT2D eigenvalue weighted by Gasteiger charge is 2.42. The molecule has 2 rings (SSSR count). The fourth-order valence-corrected chi connectivity index (χ4v) is 2.14. The van der Waals surface area contributed by atoms with Crippen LogP contribution in [-0.2, 0) is 0 Å². The van der Waals surface area contributed by atoms with E-state index >= 15 is 0 Å². The molecule has 0 aromatic rings. The Morgan fingerprint density at radius 2 is 1.92 bits per heavy atom. The summed E-state index contributed by atoms with van der Waals surface area (Å²) >= 11 is 0. The second-order valence-corrected chi connectivity index (χ2v) is 4.65. The Balaban J connectivity index is 1.76. The molecular weight excluding hydrogens is 167 g/mol. The Labute approximate surface area is 79.3 Å². The molecule has 2 nitrogen and oxygen atoms in total. The molecule has 0 amide bonds. The number of nitrogens with zero attached hydrogens (tertiary/aromatic N) is 1. The van der Waals surface area contributed by atoms with Crippen molar-refractivity contribution in [3.63, 3.8) is 0 Å². The van der Waals surface area contributed by atoms with Gasteiger partial charge in [-0.05, 0) is 37.6 Å². The quantitative estimate of drug-likeness (QED) is 0.716. The SMILES string of the molecule is NCC1(CN2CCC(F)CC2)CC1. The number of hydrogen-bond donors (Lipinski definition) is 1. The van der Waals surface area contributed by atoms with Gasteiger partial charge >= 0.3 is 0 Å². The highest BCUT2D eigenvalue weighted by atomic mass is 19.1. The highest BCUT2D eigenvalue weighted by molar-refractivity contribution is 4.96. The van der Waals surface area contributed by atoms with Crippen LogP contribution in [0.4, 0.5) is 4.39 Å². The summed E-state index contributed by atoms with van der Waals surface area (Å²) in [6.07, 6.45) is 3.45. The average molecular weight is 186 g/mol. The first-order chi connectivity index (χ1) is 6.24. The van der Waals surface area contributed by atoms with Gasteiger partial charge in [-0.15, -0.1) is 0 Å². The Kier molecular flexibility index (Phi) is 2.56. The fourth-order valence-electron chi connectivity index (χ4n) is 2.14. The maximum atomic E-state index is 12.8. The number of hydrogen-bond acceptors (Lipinski definition) is 2.